The van der Waals surface area contributed by atoms with E-state index in [0.29, 0.717) is 29.8 Å². The standard InChI is InChI=1S/C29H24N4O6/c1-3-33-28(38)21-11-7-18(15-23(21)29(33)39)25(35)31-19-8-4-16(5-9-19)12-13-30-24(34)17-6-10-20-22(14-17)27(37)32(2)26(20)36/h4-11,14-15H,3,12-13H2,1-2H3,(H,30,34)(H,31,35). The highest BCUT2D eigenvalue weighted by molar-refractivity contribution is 6.23. The average Bonchev–Trinajstić information content (AvgIpc) is 3.32. The zero-order chi connectivity index (χ0) is 27.8. The third-order valence-corrected chi connectivity index (χ3v) is 6.81. The van der Waals surface area contributed by atoms with Crippen LogP contribution in [0.25, 0.3) is 0 Å². The van der Waals surface area contributed by atoms with Crippen molar-refractivity contribution in [1.82, 2.24) is 15.1 Å². The van der Waals surface area contributed by atoms with Crippen molar-refractivity contribution < 1.29 is 28.8 Å². The first-order valence-electron chi connectivity index (χ1n) is 12.3. The van der Waals surface area contributed by atoms with Crippen molar-refractivity contribution in [2.24, 2.45) is 0 Å². The Kier molecular flexibility index (Phi) is 6.53. The van der Waals surface area contributed by atoms with Gasteiger partial charge >= 0.3 is 0 Å². The topological polar surface area (TPSA) is 133 Å². The fraction of sp³-hybridized carbons (Fsp3) is 0.172. The summed E-state index contributed by atoms with van der Waals surface area (Å²) in [6.45, 7) is 2.32. The molecule has 3 aromatic rings. The first-order chi connectivity index (χ1) is 18.7. The Morgan fingerprint density at radius 1 is 0.692 bits per heavy atom. The molecule has 0 spiro atoms. The molecule has 0 aliphatic carbocycles. The van der Waals surface area contributed by atoms with E-state index in [1.807, 2.05) is 12.1 Å². The molecule has 0 fully saturated rings. The third-order valence-electron chi connectivity index (χ3n) is 6.81. The number of hydrogen-bond acceptors (Lipinski definition) is 6. The van der Waals surface area contributed by atoms with Crippen LogP contribution in [0.15, 0.2) is 60.7 Å². The summed E-state index contributed by atoms with van der Waals surface area (Å²) in [5.41, 5.74) is 3.05. The SMILES string of the molecule is CCN1C(=O)c2ccc(C(=O)Nc3ccc(CCNC(=O)c4ccc5c(c4)C(=O)N(C)C5=O)cc3)cc2C1=O. The van der Waals surface area contributed by atoms with Gasteiger partial charge in [0, 0.05) is 37.0 Å². The Balaban J connectivity index is 1.15. The zero-order valence-corrected chi connectivity index (χ0v) is 21.2. The van der Waals surface area contributed by atoms with E-state index in [0.717, 1.165) is 15.4 Å². The lowest BCUT2D eigenvalue weighted by molar-refractivity contribution is 0.0656. The highest BCUT2D eigenvalue weighted by atomic mass is 16.2. The molecule has 0 saturated carbocycles. The van der Waals surface area contributed by atoms with Gasteiger partial charge in [-0.1, -0.05) is 12.1 Å². The van der Waals surface area contributed by atoms with E-state index in [2.05, 4.69) is 10.6 Å². The molecule has 0 bridgehead atoms. The van der Waals surface area contributed by atoms with E-state index >= 15 is 0 Å². The summed E-state index contributed by atoms with van der Waals surface area (Å²) in [6.07, 6.45) is 0.528. The maximum atomic E-state index is 12.7. The largest absolute Gasteiger partial charge is 0.352 e. The number of amides is 6. The normalized spacial score (nSPS) is 14.0. The number of rotatable bonds is 7. The molecule has 0 atom stereocenters. The fourth-order valence-corrected chi connectivity index (χ4v) is 4.60. The first kappa shape index (κ1) is 25.5. The van der Waals surface area contributed by atoms with E-state index in [1.54, 1.807) is 19.1 Å². The van der Waals surface area contributed by atoms with Gasteiger partial charge in [-0.3, -0.25) is 38.6 Å². The van der Waals surface area contributed by atoms with Gasteiger partial charge in [-0.15, -0.1) is 0 Å². The molecule has 2 aliphatic rings. The molecular weight excluding hydrogens is 500 g/mol. The maximum absolute atomic E-state index is 12.7. The van der Waals surface area contributed by atoms with E-state index in [9.17, 15) is 28.8 Å². The van der Waals surface area contributed by atoms with Crippen LogP contribution in [0.5, 0.6) is 0 Å². The molecule has 2 aliphatic heterocycles. The lowest BCUT2D eigenvalue weighted by atomic mass is 10.0. The van der Waals surface area contributed by atoms with Crippen LogP contribution in [0, 0.1) is 0 Å². The van der Waals surface area contributed by atoms with Crippen LogP contribution >= 0.6 is 0 Å². The number of hydrogen-bond donors (Lipinski definition) is 2. The van der Waals surface area contributed by atoms with Gasteiger partial charge in [0.2, 0.25) is 0 Å². The zero-order valence-electron chi connectivity index (χ0n) is 21.2. The molecular formula is C29H24N4O6. The molecule has 2 heterocycles. The summed E-state index contributed by atoms with van der Waals surface area (Å²) in [4.78, 5) is 76.3. The second kappa shape index (κ2) is 9.97. The number of fused-ring (bicyclic) bond motifs is 2. The van der Waals surface area contributed by atoms with Crippen molar-refractivity contribution in [3.63, 3.8) is 0 Å². The Bertz CT molecular complexity index is 1580. The summed E-state index contributed by atoms with van der Waals surface area (Å²) in [7, 11) is 1.40. The lowest BCUT2D eigenvalue weighted by Gasteiger charge is -2.09. The lowest BCUT2D eigenvalue weighted by Crippen LogP contribution is -2.29. The highest BCUT2D eigenvalue weighted by Gasteiger charge is 2.35. The minimum absolute atomic E-state index is 0.218. The molecule has 196 valence electrons. The monoisotopic (exact) mass is 524 g/mol. The third kappa shape index (κ3) is 4.56. The van der Waals surface area contributed by atoms with Crippen LogP contribution in [0.4, 0.5) is 5.69 Å². The van der Waals surface area contributed by atoms with Crippen LogP contribution < -0.4 is 10.6 Å². The van der Waals surface area contributed by atoms with E-state index in [-0.39, 0.29) is 46.5 Å². The molecule has 3 aromatic carbocycles. The average molecular weight is 525 g/mol. The van der Waals surface area contributed by atoms with Crippen molar-refractivity contribution in [2.45, 2.75) is 13.3 Å². The Hall–Kier alpha value is -5.12. The fourth-order valence-electron chi connectivity index (χ4n) is 4.60. The van der Waals surface area contributed by atoms with E-state index in [4.69, 9.17) is 0 Å². The number of nitrogens with zero attached hydrogens (tertiary/aromatic N) is 2. The van der Waals surface area contributed by atoms with Gasteiger partial charge in [0.25, 0.3) is 35.4 Å². The van der Waals surface area contributed by atoms with Crippen LogP contribution in [0.3, 0.4) is 0 Å². The molecule has 0 unspecified atom stereocenters. The van der Waals surface area contributed by atoms with Crippen molar-refractivity contribution in [1.29, 1.82) is 0 Å². The minimum Gasteiger partial charge on any atom is -0.352 e. The number of imide groups is 2. The highest BCUT2D eigenvalue weighted by Crippen LogP contribution is 2.25. The van der Waals surface area contributed by atoms with Crippen molar-refractivity contribution in [3.05, 3.63) is 99.6 Å². The van der Waals surface area contributed by atoms with Gasteiger partial charge in [0.1, 0.15) is 0 Å². The second-order valence-corrected chi connectivity index (χ2v) is 9.20. The summed E-state index contributed by atoms with van der Waals surface area (Å²) in [6, 6.07) is 16.0. The maximum Gasteiger partial charge on any atom is 0.261 e. The van der Waals surface area contributed by atoms with Crippen molar-refractivity contribution in [3.8, 4) is 0 Å². The quantitative estimate of drug-likeness (QED) is 0.457. The summed E-state index contributed by atoms with van der Waals surface area (Å²) < 4.78 is 0. The van der Waals surface area contributed by atoms with Gasteiger partial charge in [-0.2, -0.15) is 0 Å². The summed E-state index contributed by atoms with van der Waals surface area (Å²) in [5, 5.41) is 5.59. The molecule has 0 radical (unpaired) electrons. The number of carbonyl (C=O) groups excluding carboxylic acids is 6. The predicted octanol–water partition coefficient (Wildman–Crippen LogP) is 2.75. The van der Waals surface area contributed by atoms with Gasteiger partial charge in [0.05, 0.1) is 22.3 Å². The van der Waals surface area contributed by atoms with E-state index < -0.39 is 17.7 Å². The van der Waals surface area contributed by atoms with Gasteiger partial charge < -0.3 is 10.6 Å². The van der Waals surface area contributed by atoms with Crippen LogP contribution in [-0.2, 0) is 6.42 Å². The predicted molar refractivity (Wildman–Crippen MR) is 141 cm³/mol. The number of carbonyl (C=O) groups is 6. The van der Waals surface area contributed by atoms with E-state index in [1.165, 1.54) is 43.4 Å². The van der Waals surface area contributed by atoms with Gasteiger partial charge in [-0.05, 0) is 67.4 Å². The number of benzene rings is 3. The van der Waals surface area contributed by atoms with Crippen LogP contribution in [0.1, 0.15) is 74.6 Å². The molecule has 2 N–H and O–H groups in total. The van der Waals surface area contributed by atoms with Gasteiger partial charge in [-0.25, -0.2) is 0 Å². The smallest absolute Gasteiger partial charge is 0.261 e. The Morgan fingerprint density at radius 3 is 1.87 bits per heavy atom. The number of anilines is 1. The summed E-state index contributed by atoms with van der Waals surface area (Å²) in [5.74, 6) is -2.34. The Morgan fingerprint density at radius 2 is 1.23 bits per heavy atom. The Labute approximate surface area is 223 Å². The molecule has 0 saturated heterocycles. The molecule has 10 heteroatoms. The first-order valence-corrected chi connectivity index (χ1v) is 12.3. The molecule has 6 amide bonds. The van der Waals surface area contributed by atoms with Crippen LogP contribution in [-0.4, -0.2) is 65.4 Å². The van der Waals surface area contributed by atoms with Crippen molar-refractivity contribution in [2.75, 3.05) is 25.5 Å². The number of nitrogens with one attached hydrogen (secondary N) is 2. The van der Waals surface area contributed by atoms with Crippen molar-refractivity contribution >= 4 is 41.1 Å². The molecule has 39 heavy (non-hydrogen) atoms. The molecule has 10 nitrogen and oxygen atoms in total. The molecule has 0 aromatic heterocycles. The van der Waals surface area contributed by atoms with Gasteiger partial charge in [0.15, 0.2) is 0 Å². The summed E-state index contributed by atoms with van der Waals surface area (Å²) >= 11 is 0. The molecule has 5 rings (SSSR count). The second-order valence-electron chi connectivity index (χ2n) is 9.20. The minimum atomic E-state index is -0.431. The van der Waals surface area contributed by atoms with Crippen LogP contribution in [0.2, 0.25) is 0 Å².